The number of phenolic OH excluding ortho intramolecular Hbond substituents is 1. The Hall–Kier alpha value is -1.92. The molecule has 1 heterocycles. The molecule has 0 aliphatic rings. The molecular weight excluding hydrogens is 437 g/mol. The third-order valence-corrected chi connectivity index (χ3v) is 4.88. The number of aryl methyl sites for hydroxylation is 1. The summed E-state index contributed by atoms with van der Waals surface area (Å²) in [6, 6.07) is 14.7. The lowest BCUT2D eigenvalue weighted by Crippen LogP contribution is -1.97. The molecule has 24 heavy (non-hydrogen) atoms. The van der Waals surface area contributed by atoms with Crippen molar-refractivity contribution in [2.75, 3.05) is 0 Å². The summed E-state index contributed by atoms with van der Waals surface area (Å²) in [6.45, 7) is 1.75. The van der Waals surface area contributed by atoms with Gasteiger partial charge in [-0.25, -0.2) is 4.98 Å². The quantitative estimate of drug-likeness (QED) is 0.246. The zero-order valence-electron chi connectivity index (χ0n) is 12.8. The molecule has 0 unspecified atom stereocenters. The summed E-state index contributed by atoms with van der Waals surface area (Å²) in [5.74, 6) is -0.268. The molecule has 0 saturated carbocycles. The van der Waals surface area contributed by atoms with Crippen molar-refractivity contribution < 1.29 is 9.90 Å². The molecule has 0 aliphatic carbocycles. The number of hydrogen-bond acceptors (Lipinski definition) is 3. The minimum atomic E-state index is -0.273. The number of carbonyl (C=O) groups is 1. The molecule has 0 radical (unpaired) electrons. The smallest absolute Gasteiger partial charge is 0.190 e. The largest absolute Gasteiger partial charge is 0.507 e. The van der Waals surface area contributed by atoms with Crippen LogP contribution in [0.3, 0.4) is 0 Å². The minimum Gasteiger partial charge on any atom is -0.507 e. The Morgan fingerprint density at radius 2 is 1.92 bits per heavy atom. The minimum absolute atomic E-state index is 0.00526. The second-order valence-corrected chi connectivity index (χ2v) is 6.87. The number of benzene rings is 2. The molecule has 0 aliphatic heterocycles. The fraction of sp³-hybridized carbons (Fsp3) is 0.0526. The van der Waals surface area contributed by atoms with Gasteiger partial charge in [0.05, 0.1) is 11.1 Å². The molecule has 3 rings (SSSR count). The molecule has 3 aromatic rings. The van der Waals surface area contributed by atoms with E-state index in [1.54, 1.807) is 25.1 Å². The van der Waals surface area contributed by atoms with Crippen LogP contribution < -0.4 is 0 Å². The third-order valence-electron chi connectivity index (χ3n) is 3.70. The molecule has 120 valence electrons. The van der Waals surface area contributed by atoms with E-state index in [4.69, 9.17) is 11.6 Å². The maximum atomic E-state index is 12.5. The highest BCUT2D eigenvalue weighted by Crippen LogP contribution is 2.32. The highest BCUT2D eigenvalue weighted by Gasteiger charge is 2.13. The fourth-order valence-corrected chi connectivity index (χ4v) is 3.49. The number of pyridine rings is 1. The second kappa shape index (κ2) is 6.91. The predicted molar refractivity (Wildman–Crippen MR) is 106 cm³/mol. The van der Waals surface area contributed by atoms with Gasteiger partial charge in [0.2, 0.25) is 0 Å². The van der Waals surface area contributed by atoms with Crippen LogP contribution in [0.1, 0.15) is 21.5 Å². The standard InChI is InChI=1S/C19H13ClINO2/c1-11-5-4-7-13(18(11)24)17(23)10-15(21)14-9-12-6-2-3-8-16(12)22-19(14)20/h2-10,24H,1H3/b15-10-. The van der Waals surface area contributed by atoms with Crippen LogP contribution in [0.15, 0.2) is 54.6 Å². The Morgan fingerprint density at radius 1 is 1.17 bits per heavy atom. The number of nitrogens with zero attached hydrogens (tertiary/aromatic N) is 1. The van der Waals surface area contributed by atoms with E-state index in [9.17, 15) is 9.90 Å². The van der Waals surface area contributed by atoms with Crippen molar-refractivity contribution in [3.63, 3.8) is 0 Å². The number of ketones is 1. The Balaban J connectivity index is 2.03. The molecule has 1 N–H and O–H groups in total. The van der Waals surface area contributed by atoms with Crippen LogP contribution in [0, 0.1) is 6.92 Å². The van der Waals surface area contributed by atoms with Crippen LogP contribution in [0.2, 0.25) is 5.15 Å². The summed E-state index contributed by atoms with van der Waals surface area (Å²) in [5.41, 5.74) is 2.43. The molecule has 0 saturated heterocycles. The summed E-state index contributed by atoms with van der Waals surface area (Å²) in [5, 5.41) is 11.3. The van der Waals surface area contributed by atoms with Gasteiger partial charge < -0.3 is 5.11 Å². The van der Waals surface area contributed by atoms with E-state index in [0.717, 1.165) is 10.9 Å². The van der Waals surface area contributed by atoms with Crippen molar-refractivity contribution >= 4 is 54.5 Å². The maximum absolute atomic E-state index is 12.5. The summed E-state index contributed by atoms with van der Waals surface area (Å²) in [7, 11) is 0. The van der Waals surface area contributed by atoms with Crippen molar-refractivity contribution in [2.24, 2.45) is 0 Å². The average Bonchev–Trinajstić information content (AvgIpc) is 2.56. The number of phenols is 1. The van der Waals surface area contributed by atoms with Crippen LogP contribution in [-0.2, 0) is 0 Å². The Morgan fingerprint density at radius 3 is 2.71 bits per heavy atom. The van der Waals surface area contributed by atoms with Gasteiger partial charge in [0.15, 0.2) is 5.78 Å². The SMILES string of the molecule is Cc1cccc(C(=O)/C=C(\I)c2cc3ccccc3nc2Cl)c1O. The first-order valence-corrected chi connectivity index (χ1v) is 8.69. The fourth-order valence-electron chi connectivity index (χ4n) is 2.39. The lowest BCUT2D eigenvalue weighted by atomic mass is 10.0. The van der Waals surface area contributed by atoms with Gasteiger partial charge in [-0.3, -0.25) is 4.79 Å². The predicted octanol–water partition coefficient (Wildman–Crippen LogP) is 5.56. The van der Waals surface area contributed by atoms with E-state index in [1.165, 1.54) is 6.08 Å². The van der Waals surface area contributed by atoms with Crippen molar-refractivity contribution in [3.05, 3.63) is 76.5 Å². The summed E-state index contributed by atoms with van der Waals surface area (Å²) >= 11 is 8.33. The van der Waals surface area contributed by atoms with Gasteiger partial charge >= 0.3 is 0 Å². The summed E-state index contributed by atoms with van der Waals surface area (Å²) < 4.78 is 0.668. The van der Waals surface area contributed by atoms with Gasteiger partial charge in [0.1, 0.15) is 10.9 Å². The molecule has 0 bridgehead atoms. The second-order valence-electron chi connectivity index (χ2n) is 5.35. The van der Waals surface area contributed by atoms with E-state index in [0.29, 0.717) is 19.9 Å². The van der Waals surface area contributed by atoms with Crippen molar-refractivity contribution in [1.82, 2.24) is 4.98 Å². The first-order valence-electron chi connectivity index (χ1n) is 7.23. The molecule has 1 aromatic heterocycles. The number of aromatic hydroxyl groups is 1. The van der Waals surface area contributed by atoms with E-state index < -0.39 is 0 Å². The number of hydrogen-bond donors (Lipinski definition) is 1. The molecule has 0 atom stereocenters. The number of halogens is 2. The number of allylic oxidation sites excluding steroid dienone is 1. The number of fused-ring (bicyclic) bond motifs is 1. The van der Waals surface area contributed by atoms with E-state index in [2.05, 4.69) is 27.6 Å². The molecule has 3 nitrogen and oxygen atoms in total. The van der Waals surface area contributed by atoms with Crippen LogP contribution in [0.5, 0.6) is 5.75 Å². The lowest BCUT2D eigenvalue weighted by molar-refractivity contribution is 0.104. The van der Waals surface area contributed by atoms with Crippen molar-refractivity contribution in [2.45, 2.75) is 6.92 Å². The van der Waals surface area contributed by atoms with Crippen LogP contribution in [-0.4, -0.2) is 15.9 Å². The Bertz CT molecular complexity index is 982. The zero-order valence-corrected chi connectivity index (χ0v) is 15.7. The maximum Gasteiger partial charge on any atom is 0.190 e. The molecule has 5 heteroatoms. The van der Waals surface area contributed by atoms with Crippen molar-refractivity contribution in [1.29, 1.82) is 0 Å². The summed E-state index contributed by atoms with van der Waals surface area (Å²) in [6.07, 6.45) is 1.46. The molecule has 2 aromatic carbocycles. The van der Waals surface area contributed by atoms with E-state index >= 15 is 0 Å². The zero-order chi connectivity index (χ0) is 17.3. The number of carbonyl (C=O) groups excluding carboxylic acids is 1. The number of aromatic nitrogens is 1. The molecule has 0 spiro atoms. The van der Waals surface area contributed by atoms with Crippen LogP contribution >= 0.6 is 34.2 Å². The Labute approximate surface area is 158 Å². The topological polar surface area (TPSA) is 50.2 Å². The molecular formula is C19H13ClINO2. The average molecular weight is 450 g/mol. The highest BCUT2D eigenvalue weighted by molar-refractivity contribution is 14.1. The Kier molecular flexibility index (Phi) is 4.87. The van der Waals surface area contributed by atoms with Crippen molar-refractivity contribution in [3.8, 4) is 5.75 Å². The molecule has 0 fully saturated rings. The first-order chi connectivity index (χ1) is 11.5. The van der Waals surface area contributed by atoms with Crippen LogP contribution in [0.25, 0.3) is 14.5 Å². The molecule has 0 amide bonds. The van der Waals surface area contributed by atoms with E-state index in [1.807, 2.05) is 30.3 Å². The number of para-hydroxylation sites is 2. The van der Waals surface area contributed by atoms with Gasteiger partial charge in [-0.1, -0.05) is 41.9 Å². The monoisotopic (exact) mass is 449 g/mol. The normalized spacial score (nSPS) is 11.7. The van der Waals surface area contributed by atoms with Gasteiger partial charge in [-0.2, -0.15) is 0 Å². The highest BCUT2D eigenvalue weighted by atomic mass is 127. The van der Waals surface area contributed by atoms with Gasteiger partial charge in [0, 0.05) is 20.6 Å². The first kappa shape index (κ1) is 16.9. The van der Waals surface area contributed by atoms with Crippen LogP contribution in [0.4, 0.5) is 0 Å². The van der Waals surface area contributed by atoms with Gasteiger partial charge in [0.25, 0.3) is 0 Å². The lowest BCUT2D eigenvalue weighted by Gasteiger charge is -2.07. The van der Waals surface area contributed by atoms with Gasteiger partial charge in [-0.05, 0) is 53.3 Å². The number of rotatable bonds is 3. The third kappa shape index (κ3) is 3.30. The van der Waals surface area contributed by atoms with E-state index in [-0.39, 0.29) is 17.1 Å². The summed E-state index contributed by atoms with van der Waals surface area (Å²) in [4.78, 5) is 16.8. The van der Waals surface area contributed by atoms with Gasteiger partial charge in [-0.15, -0.1) is 0 Å².